The molecule has 111 heavy (non-hydrogen) atoms. The number of pyridine rings is 1. The Bertz CT molecular complexity index is 4680. The highest BCUT2D eigenvalue weighted by Gasteiger charge is 2.45. The van der Waals surface area contributed by atoms with Crippen LogP contribution in [-0.4, -0.2) is 206 Å². The molecule has 5 amide bonds. The molecule has 592 valence electrons. The number of anilines is 4. The number of hydrogen-bond acceptors (Lipinski definition) is 20. The molecule has 13 rings (SSSR count). The summed E-state index contributed by atoms with van der Waals surface area (Å²) in [6.07, 6.45) is 8.33. The normalized spacial score (nSPS) is 20.3. The zero-order chi connectivity index (χ0) is 78.3. The van der Waals surface area contributed by atoms with Gasteiger partial charge in [0.05, 0.1) is 55.9 Å². The fourth-order valence-corrected chi connectivity index (χ4v) is 18.3. The van der Waals surface area contributed by atoms with E-state index < -0.39 is 60.9 Å². The average Bonchev–Trinajstić information content (AvgIpc) is 1.76. The maximum Gasteiger partial charge on any atom is 0.293 e. The van der Waals surface area contributed by atoms with Gasteiger partial charge in [0.2, 0.25) is 29.5 Å². The van der Waals surface area contributed by atoms with Crippen LogP contribution < -0.4 is 35.2 Å². The third-order valence-corrected chi connectivity index (χ3v) is 25.3. The number of nitro groups is 1. The van der Waals surface area contributed by atoms with E-state index in [-0.39, 0.29) is 65.7 Å². The highest BCUT2D eigenvalue weighted by molar-refractivity contribution is 7.90. The number of sulfonamides is 1. The predicted molar refractivity (Wildman–Crippen MR) is 431 cm³/mol. The van der Waals surface area contributed by atoms with E-state index >= 15 is 0 Å². The lowest BCUT2D eigenvalue weighted by molar-refractivity contribution is -0.384. The van der Waals surface area contributed by atoms with Crippen molar-refractivity contribution in [3.8, 4) is 16.3 Å². The van der Waals surface area contributed by atoms with E-state index in [2.05, 4.69) is 64.4 Å². The highest BCUT2D eigenvalue weighted by Crippen LogP contribution is 2.46. The van der Waals surface area contributed by atoms with Crippen LogP contribution in [-0.2, 0) is 33.9 Å². The summed E-state index contributed by atoms with van der Waals surface area (Å²) in [5.74, 6) is -1.26. The Morgan fingerprint density at radius 3 is 2.30 bits per heavy atom. The lowest BCUT2D eigenvalue weighted by Gasteiger charge is -2.44. The number of aryl methyl sites for hydroxylation is 1. The van der Waals surface area contributed by atoms with Crippen LogP contribution >= 0.6 is 22.9 Å². The molecule has 0 spiro atoms. The maximum absolute atomic E-state index is 14.7. The molecule has 4 fully saturated rings. The van der Waals surface area contributed by atoms with Crippen LogP contribution in [0.25, 0.3) is 27.0 Å². The number of β-amino-alcohol motifs (C(OH)–C–C–N with tert-alkyl or cyclic N) is 1. The van der Waals surface area contributed by atoms with Crippen molar-refractivity contribution >= 4 is 108 Å². The lowest BCUT2D eigenvalue weighted by Crippen LogP contribution is -2.57. The summed E-state index contributed by atoms with van der Waals surface area (Å²) >= 11 is 8.08. The van der Waals surface area contributed by atoms with Gasteiger partial charge in [-0.05, 0) is 159 Å². The van der Waals surface area contributed by atoms with Gasteiger partial charge in [-0.1, -0.05) is 87.7 Å². The van der Waals surface area contributed by atoms with E-state index in [1.165, 1.54) is 28.2 Å². The number of halogens is 1. The molecule has 0 unspecified atom stereocenters. The number of nitro benzene ring substituents is 1. The van der Waals surface area contributed by atoms with Crippen molar-refractivity contribution in [1.29, 1.82) is 0 Å². The Hall–Kier alpha value is -9.03. The zero-order valence-electron chi connectivity index (χ0n) is 64.2. The first-order valence-electron chi connectivity index (χ1n) is 39.0. The van der Waals surface area contributed by atoms with Crippen LogP contribution in [0.3, 0.4) is 0 Å². The van der Waals surface area contributed by atoms with Gasteiger partial charge in [0.25, 0.3) is 21.6 Å². The fraction of sp³-hybridized carbons (Fsp3) is 0.500. The zero-order valence-corrected chi connectivity index (χ0v) is 66.6. The number of fused-ring (bicyclic) bond motifs is 2. The number of aromatic amines is 1. The Kier molecular flexibility index (Phi) is 25.2. The molecule has 4 saturated heterocycles. The third kappa shape index (κ3) is 19.4. The first kappa shape index (κ1) is 80.0. The average molecular weight is 1580 g/mol. The van der Waals surface area contributed by atoms with E-state index in [0.29, 0.717) is 119 Å². The van der Waals surface area contributed by atoms with Gasteiger partial charge in [-0.25, -0.2) is 18.1 Å². The first-order valence-corrected chi connectivity index (χ1v) is 41.7. The van der Waals surface area contributed by atoms with Gasteiger partial charge in [0.1, 0.15) is 29.1 Å². The summed E-state index contributed by atoms with van der Waals surface area (Å²) in [6.45, 7) is 21.6. The predicted octanol–water partition coefficient (Wildman–Crippen LogP) is 11.7. The summed E-state index contributed by atoms with van der Waals surface area (Å²) in [7, 11) is -4.64. The van der Waals surface area contributed by atoms with Crippen LogP contribution in [0.2, 0.25) is 5.02 Å². The molecule has 6 aliphatic rings. The van der Waals surface area contributed by atoms with Crippen LogP contribution in [0.5, 0.6) is 5.88 Å². The van der Waals surface area contributed by atoms with Gasteiger partial charge in [0.15, 0.2) is 0 Å². The summed E-state index contributed by atoms with van der Waals surface area (Å²) in [6, 6.07) is 26.8. The van der Waals surface area contributed by atoms with Gasteiger partial charge in [0, 0.05) is 146 Å². The van der Waals surface area contributed by atoms with Crippen molar-refractivity contribution in [2.24, 2.45) is 16.7 Å². The molecular weight excluding hydrogens is 1470 g/mol. The molecule has 29 heteroatoms. The monoisotopic (exact) mass is 1570 g/mol. The van der Waals surface area contributed by atoms with Crippen molar-refractivity contribution in [2.75, 3.05) is 120 Å². The Morgan fingerprint density at radius 1 is 0.847 bits per heavy atom. The van der Waals surface area contributed by atoms with Crippen LogP contribution in [0, 0.1) is 33.8 Å². The van der Waals surface area contributed by atoms with E-state index in [1.54, 1.807) is 23.6 Å². The molecule has 5 aliphatic heterocycles. The molecule has 6 N–H and O–H groups in total. The molecular formula is C82H103ClN14O12S2. The number of H-pyrrole nitrogens is 1. The van der Waals surface area contributed by atoms with Crippen LogP contribution in [0.4, 0.5) is 28.4 Å². The van der Waals surface area contributed by atoms with Crippen LogP contribution in [0.15, 0.2) is 119 Å². The maximum atomic E-state index is 14.7. The summed E-state index contributed by atoms with van der Waals surface area (Å²) in [4.78, 5) is 108. The number of nitrogens with one attached hydrogen (secondary N) is 5. The molecule has 26 nitrogen and oxygen atoms in total. The number of piperazine rings is 2. The molecule has 4 aromatic carbocycles. The van der Waals surface area contributed by atoms with Crippen molar-refractivity contribution in [3.05, 3.63) is 152 Å². The molecule has 3 aromatic heterocycles. The molecule has 0 radical (unpaired) electrons. The second kappa shape index (κ2) is 34.9. The molecule has 8 heterocycles. The number of aromatic nitrogens is 3. The van der Waals surface area contributed by atoms with Crippen molar-refractivity contribution in [3.63, 3.8) is 0 Å². The SMILES string of the molecule is Cc1ncsc1-c1ccc([C@H](C)NC(=O)[C@@H]2C[C@@H](O)CN2C(=O)[C@@H](NC(=O)CCCCCC(=O)N2CCN(C[C@@]3(C)CCC(CN4CCN(c5ccc(C(=O)NS(=O)(=O)c6ccc(NCC7CCOCC7)c([N+](=O)[O-])c6)c(N6CCCOc7nc8[nH]ccc8cc76)c5)CC4)=C(c4ccc(Cl)cc4)C3)CC2)C(C)(C)C)cc1. The molecule has 5 atom stereocenters. The first-order chi connectivity index (χ1) is 53.2. The number of aliphatic hydroxyl groups excluding tert-OH is 1. The Labute approximate surface area is 658 Å². The molecule has 1 aliphatic carbocycles. The number of hydrogen-bond donors (Lipinski definition) is 6. The third-order valence-electron chi connectivity index (χ3n) is 22.8. The second-order valence-corrected chi connectivity index (χ2v) is 35.0. The van der Waals surface area contributed by atoms with Gasteiger partial charge in [-0.15, -0.1) is 11.3 Å². The number of carbonyl (C=O) groups is 5. The standard InChI is InChI=1S/C82H103ClN14O12S2/c1-53(56-13-15-58(16-14-56)74-54(2)86-52-110-74)87-78(102)70-45-63(98)50-96(70)80(103)75(81(3,4)5)88-72(99)11-8-7-9-12-73(100)94-38-34-92(35-39-94)51-82(6)29-25-60(66(47-82)57-17-19-61(83)20-18-57)49-91-32-36-93(37-33-91)62-21-23-65(68(44-62)95-31-10-40-109-79-71(95)43-59-26-30-84-76(59)89-79)77(101)90-111(106,107)64-22-24-67(69(46-64)97(104)105)85-48-55-27-41-108-42-28-55/h13-24,26,30,43-44,46,52-53,55,63,70,75,85,98H,7-12,25,27-29,31-42,45,47-51H2,1-6H3,(H,84,89)(H,87,102)(H,88,99)(H,90,101)/t53-,63+,70-,75+,82-/m0/s1. The number of nitrogens with zero attached hydrogens (tertiary/aromatic N) is 9. The number of thiazole rings is 1. The van der Waals surface area contributed by atoms with E-state index in [4.69, 9.17) is 26.1 Å². The van der Waals surface area contributed by atoms with Gasteiger partial charge >= 0.3 is 0 Å². The highest BCUT2D eigenvalue weighted by atomic mass is 35.5. The van der Waals surface area contributed by atoms with E-state index in [9.17, 15) is 47.6 Å². The molecule has 7 aromatic rings. The molecule has 0 bridgehead atoms. The quantitative estimate of drug-likeness (QED) is 0.0167. The van der Waals surface area contributed by atoms with Crippen molar-refractivity contribution < 1.29 is 51.9 Å². The lowest BCUT2D eigenvalue weighted by atomic mass is 9.70. The fourth-order valence-electron chi connectivity index (χ4n) is 16.4. The number of ether oxygens (including phenoxy) is 2. The molecule has 0 saturated carbocycles. The number of unbranched alkanes of at least 4 members (excludes halogenated alkanes) is 2. The minimum Gasteiger partial charge on any atom is -0.476 e. The van der Waals surface area contributed by atoms with Crippen molar-refractivity contribution in [2.45, 2.75) is 148 Å². The summed E-state index contributed by atoms with van der Waals surface area (Å²) < 4.78 is 42.3. The van der Waals surface area contributed by atoms with Crippen LogP contribution in [0.1, 0.15) is 145 Å². The number of carbonyl (C=O) groups excluding carboxylic acids is 5. The number of benzene rings is 4. The topological polar surface area (TPSA) is 310 Å². The van der Waals surface area contributed by atoms with Gasteiger partial charge in [-0.3, -0.25) is 43.9 Å². The number of aliphatic hydroxyl groups is 1. The Balaban J connectivity index is 0.595. The number of amides is 5. The Morgan fingerprint density at radius 2 is 1.58 bits per heavy atom. The largest absolute Gasteiger partial charge is 0.476 e. The van der Waals surface area contributed by atoms with E-state index in [1.807, 2.05) is 111 Å². The minimum atomic E-state index is -4.64. The smallest absolute Gasteiger partial charge is 0.293 e. The van der Waals surface area contributed by atoms with Gasteiger partial charge < -0.3 is 55.1 Å². The summed E-state index contributed by atoms with van der Waals surface area (Å²) in [5.41, 5.74) is 10.2. The van der Waals surface area contributed by atoms with E-state index in [0.717, 1.165) is 116 Å². The van der Waals surface area contributed by atoms with Gasteiger partial charge in [-0.2, -0.15) is 4.98 Å². The second-order valence-electron chi connectivity index (χ2n) is 32.0. The number of likely N-dealkylation sites (tertiary alicyclic amines) is 1. The summed E-state index contributed by atoms with van der Waals surface area (Å²) in [5, 5.41) is 33.9. The number of rotatable bonds is 26. The minimum absolute atomic E-state index is 0.0202. The number of allylic oxidation sites excluding steroid dienone is 1. The van der Waals surface area contributed by atoms with Crippen molar-refractivity contribution in [1.82, 2.24) is 49.9 Å².